The first kappa shape index (κ1) is 31.8. The molecule has 4 amide bonds. The largest absolute Gasteiger partial charge is 0.322 e. The number of hydrogen-bond acceptors (Lipinski definition) is 2. The molecule has 2 aliphatic rings. The first-order valence-electron chi connectivity index (χ1n) is 14.4. The van der Waals surface area contributed by atoms with Gasteiger partial charge < -0.3 is 20.4 Å². The number of aryl methyl sites for hydroxylation is 2. The maximum Gasteiger partial charge on any atom is 0.322 e. The molecule has 0 bridgehead atoms. The fraction of sp³-hybridized carbons (Fsp3) is 0.235. The molecule has 0 spiro atoms. The van der Waals surface area contributed by atoms with E-state index in [2.05, 4.69) is 16.7 Å². The normalized spacial score (nSPS) is 16.2. The van der Waals surface area contributed by atoms with Crippen molar-refractivity contribution in [1.82, 2.24) is 9.80 Å². The van der Waals surface area contributed by atoms with Gasteiger partial charge in [0.2, 0.25) is 0 Å². The van der Waals surface area contributed by atoms with Crippen molar-refractivity contribution < 1.29 is 27.2 Å². The fourth-order valence-electron chi connectivity index (χ4n) is 5.76. The predicted molar refractivity (Wildman–Crippen MR) is 166 cm³/mol. The van der Waals surface area contributed by atoms with Gasteiger partial charge in [-0.2, -0.15) is 0 Å². The SMILES string of the molecule is CN(C(=O)Nc1ccc(F)c(F)c1)[C@H]1CCc2cc(Cl)ccc21.CN(C(=O)Nc1ccc(F)c(F)c1)[C@H]1CCc2ccccc21. The molecule has 0 saturated carbocycles. The zero-order valence-corrected chi connectivity index (χ0v) is 25.3. The van der Waals surface area contributed by atoms with Crippen LogP contribution < -0.4 is 10.6 Å². The highest BCUT2D eigenvalue weighted by Crippen LogP contribution is 2.37. The van der Waals surface area contributed by atoms with Crippen LogP contribution in [-0.4, -0.2) is 36.0 Å². The summed E-state index contributed by atoms with van der Waals surface area (Å²) in [5.41, 5.74) is 5.05. The summed E-state index contributed by atoms with van der Waals surface area (Å²) in [5, 5.41) is 5.86. The number of urea groups is 2. The Labute approximate surface area is 263 Å². The average molecular weight is 639 g/mol. The molecular weight excluding hydrogens is 608 g/mol. The van der Waals surface area contributed by atoms with Crippen molar-refractivity contribution in [1.29, 1.82) is 0 Å². The molecule has 0 radical (unpaired) electrons. The van der Waals surface area contributed by atoms with Gasteiger partial charge in [0.15, 0.2) is 23.3 Å². The maximum atomic E-state index is 13.2. The number of nitrogens with one attached hydrogen (secondary N) is 2. The van der Waals surface area contributed by atoms with Crippen LogP contribution in [0.3, 0.4) is 0 Å². The fourth-order valence-corrected chi connectivity index (χ4v) is 5.95. The first-order chi connectivity index (χ1) is 21.5. The van der Waals surface area contributed by atoms with E-state index in [1.807, 2.05) is 30.3 Å². The summed E-state index contributed by atoms with van der Waals surface area (Å²) in [6, 6.07) is 19.5. The number of carbonyl (C=O) groups excluding carboxylic acids is 2. The molecule has 0 unspecified atom stereocenters. The van der Waals surface area contributed by atoms with Crippen LogP contribution in [0.15, 0.2) is 78.9 Å². The number of halogens is 5. The van der Waals surface area contributed by atoms with E-state index in [0.717, 1.165) is 66.6 Å². The van der Waals surface area contributed by atoms with Gasteiger partial charge in [0.05, 0.1) is 12.1 Å². The second-order valence-corrected chi connectivity index (χ2v) is 11.4. The summed E-state index contributed by atoms with van der Waals surface area (Å²) >= 11 is 5.99. The molecular formula is C34H31ClF4N4O2. The minimum atomic E-state index is -0.994. The first-order valence-corrected chi connectivity index (χ1v) is 14.7. The number of amides is 4. The number of carbonyl (C=O) groups is 2. The monoisotopic (exact) mass is 638 g/mol. The molecule has 0 aromatic heterocycles. The Bertz CT molecular complexity index is 1740. The van der Waals surface area contributed by atoms with Crippen LogP contribution in [0.2, 0.25) is 5.02 Å². The van der Waals surface area contributed by atoms with E-state index in [-0.39, 0.29) is 35.5 Å². The third-order valence-electron chi connectivity index (χ3n) is 8.17. The van der Waals surface area contributed by atoms with E-state index in [1.54, 1.807) is 30.0 Å². The van der Waals surface area contributed by atoms with E-state index < -0.39 is 23.3 Å². The minimum absolute atomic E-state index is 0.00138. The Morgan fingerprint density at radius 2 is 1.13 bits per heavy atom. The summed E-state index contributed by atoms with van der Waals surface area (Å²) in [6.45, 7) is 0. The van der Waals surface area contributed by atoms with Gasteiger partial charge >= 0.3 is 12.1 Å². The molecule has 6 nitrogen and oxygen atoms in total. The van der Waals surface area contributed by atoms with Crippen molar-refractivity contribution >= 4 is 35.0 Å². The van der Waals surface area contributed by atoms with Crippen molar-refractivity contribution in [3.05, 3.63) is 129 Å². The van der Waals surface area contributed by atoms with Crippen molar-refractivity contribution in [2.75, 3.05) is 24.7 Å². The molecule has 0 saturated heterocycles. The van der Waals surface area contributed by atoms with Gasteiger partial charge in [-0.15, -0.1) is 0 Å². The Balaban J connectivity index is 0.000000178. The van der Waals surface area contributed by atoms with Crippen molar-refractivity contribution in [2.45, 2.75) is 37.8 Å². The predicted octanol–water partition coefficient (Wildman–Crippen LogP) is 8.89. The number of hydrogen-bond donors (Lipinski definition) is 2. The van der Waals surface area contributed by atoms with Crippen molar-refractivity contribution in [3.63, 3.8) is 0 Å². The lowest BCUT2D eigenvalue weighted by molar-refractivity contribution is 0.203. The van der Waals surface area contributed by atoms with Crippen LogP contribution in [0.1, 0.15) is 47.2 Å². The summed E-state index contributed by atoms with van der Waals surface area (Å²) in [4.78, 5) is 27.8. The smallest absolute Gasteiger partial charge is 0.321 e. The van der Waals surface area contributed by atoms with Crippen LogP contribution in [-0.2, 0) is 12.8 Å². The summed E-state index contributed by atoms with van der Waals surface area (Å²) in [7, 11) is 3.39. The number of benzene rings is 4. The van der Waals surface area contributed by atoms with Crippen LogP contribution in [0.5, 0.6) is 0 Å². The molecule has 11 heteroatoms. The van der Waals surface area contributed by atoms with Gasteiger partial charge in [-0.3, -0.25) is 0 Å². The molecule has 4 aromatic rings. The molecule has 0 heterocycles. The lowest BCUT2D eigenvalue weighted by atomic mass is 10.1. The number of rotatable bonds is 4. The van der Waals surface area contributed by atoms with Gasteiger partial charge in [0, 0.05) is 42.6 Å². The molecule has 234 valence electrons. The molecule has 2 atom stereocenters. The Kier molecular flexibility index (Phi) is 9.63. The molecule has 2 N–H and O–H groups in total. The van der Waals surface area contributed by atoms with Crippen molar-refractivity contribution in [3.8, 4) is 0 Å². The number of nitrogens with zero attached hydrogens (tertiary/aromatic N) is 2. The second kappa shape index (κ2) is 13.6. The standard InChI is InChI=1S/C17H15ClF2N2O.C17H16F2N2O/c1-22(16-7-2-10-8-11(18)3-5-13(10)16)17(23)21-12-4-6-14(19)15(20)9-12;1-21(16-9-6-11-4-2-3-5-13(11)16)17(22)20-12-7-8-14(18)15(19)10-12/h3-6,8-9,16H,2,7H2,1H3,(H,21,23);2-5,7-8,10,16H,6,9H2,1H3,(H,20,22)/t2*16-/m00/s1. The van der Waals surface area contributed by atoms with Gasteiger partial charge in [-0.1, -0.05) is 41.9 Å². The molecule has 0 fully saturated rings. The highest BCUT2D eigenvalue weighted by atomic mass is 35.5. The van der Waals surface area contributed by atoms with Crippen LogP contribution >= 0.6 is 11.6 Å². The maximum absolute atomic E-state index is 13.2. The molecule has 45 heavy (non-hydrogen) atoms. The molecule has 6 rings (SSSR count). The highest BCUT2D eigenvalue weighted by Gasteiger charge is 2.30. The lowest BCUT2D eigenvalue weighted by Crippen LogP contribution is -2.34. The van der Waals surface area contributed by atoms with Gasteiger partial charge in [0.25, 0.3) is 0 Å². The third kappa shape index (κ3) is 7.23. The third-order valence-corrected chi connectivity index (χ3v) is 8.40. The van der Waals surface area contributed by atoms with Crippen LogP contribution in [0, 0.1) is 23.3 Å². The van der Waals surface area contributed by atoms with E-state index in [9.17, 15) is 27.2 Å². The summed E-state index contributed by atoms with van der Waals surface area (Å²) < 4.78 is 52.2. The summed E-state index contributed by atoms with van der Waals surface area (Å²) in [5.74, 6) is -3.85. The zero-order valence-electron chi connectivity index (χ0n) is 24.6. The lowest BCUT2D eigenvalue weighted by Gasteiger charge is -2.25. The second-order valence-electron chi connectivity index (χ2n) is 11.0. The van der Waals surface area contributed by atoms with Gasteiger partial charge in [-0.25, -0.2) is 27.2 Å². The topological polar surface area (TPSA) is 64.7 Å². The van der Waals surface area contributed by atoms with E-state index >= 15 is 0 Å². The van der Waals surface area contributed by atoms with Gasteiger partial charge in [-0.05, 0) is 84.3 Å². The Morgan fingerprint density at radius 3 is 1.67 bits per heavy atom. The molecule has 2 aliphatic carbocycles. The van der Waals surface area contributed by atoms with Crippen LogP contribution in [0.4, 0.5) is 38.5 Å². The quantitative estimate of drug-likeness (QED) is 0.219. The van der Waals surface area contributed by atoms with E-state index in [1.165, 1.54) is 17.7 Å². The van der Waals surface area contributed by atoms with Crippen molar-refractivity contribution in [2.24, 2.45) is 0 Å². The van der Waals surface area contributed by atoms with E-state index in [4.69, 9.17) is 11.6 Å². The minimum Gasteiger partial charge on any atom is -0.321 e. The zero-order chi connectivity index (χ0) is 32.2. The Morgan fingerprint density at radius 1 is 0.644 bits per heavy atom. The molecule has 4 aromatic carbocycles. The number of anilines is 2. The van der Waals surface area contributed by atoms with Gasteiger partial charge in [0.1, 0.15) is 0 Å². The average Bonchev–Trinajstić information content (AvgIpc) is 3.64. The van der Waals surface area contributed by atoms with E-state index in [0.29, 0.717) is 5.02 Å². The number of fused-ring (bicyclic) bond motifs is 2. The highest BCUT2D eigenvalue weighted by molar-refractivity contribution is 6.30. The Hall–Kier alpha value is -4.57. The van der Waals surface area contributed by atoms with Crippen LogP contribution in [0.25, 0.3) is 0 Å². The molecule has 0 aliphatic heterocycles. The summed E-state index contributed by atoms with van der Waals surface area (Å²) in [6.07, 6.45) is 3.45.